The zero-order chi connectivity index (χ0) is 20.0. The van der Waals surface area contributed by atoms with E-state index in [2.05, 4.69) is 9.97 Å². The number of H-pyrrole nitrogens is 1. The number of halogens is 2. The number of para-hydroxylation sites is 1. The van der Waals surface area contributed by atoms with Gasteiger partial charge in [0.1, 0.15) is 11.9 Å². The van der Waals surface area contributed by atoms with Crippen molar-refractivity contribution in [2.24, 2.45) is 0 Å². The minimum Gasteiger partial charge on any atom is -0.356 e. The average molecular weight is 406 g/mol. The Morgan fingerprint density at radius 3 is 2.79 bits per heavy atom. The molecule has 1 N–H and O–H groups in total. The summed E-state index contributed by atoms with van der Waals surface area (Å²) >= 11 is 6.44. The predicted octanol–water partition coefficient (Wildman–Crippen LogP) is 5.14. The van der Waals surface area contributed by atoms with Crippen molar-refractivity contribution in [3.8, 4) is 0 Å². The molecule has 0 radical (unpaired) electrons. The second-order valence-electron chi connectivity index (χ2n) is 7.09. The van der Waals surface area contributed by atoms with Gasteiger partial charge in [0.2, 0.25) is 0 Å². The van der Waals surface area contributed by atoms with Crippen molar-refractivity contribution >= 4 is 28.4 Å². The standard InChI is InChI=1S/C23H17ClFN3O/c24-17-7-3-8-18(25)20(17)22-21-16(15-6-1-2-9-19(15)27-21)10-12-28(22)23(29)14-5-4-11-26-13-14/h1-9,11,13,22,27H,10,12H2. The van der Waals surface area contributed by atoms with Crippen molar-refractivity contribution in [2.45, 2.75) is 12.5 Å². The Hall–Kier alpha value is -3.18. The minimum atomic E-state index is -0.646. The van der Waals surface area contributed by atoms with Gasteiger partial charge < -0.3 is 9.88 Å². The third kappa shape index (κ3) is 2.89. The molecule has 3 heterocycles. The number of hydrogen-bond donors (Lipinski definition) is 1. The zero-order valence-electron chi connectivity index (χ0n) is 15.4. The molecule has 6 heteroatoms. The first-order valence-corrected chi connectivity index (χ1v) is 9.77. The van der Waals surface area contributed by atoms with Crippen molar-refractivity contribution in [3.05, 3.63) is 100 Å². The van der Waals surface area contributed by atoms with Gasteiger partial charge >= 0.3 is 0 Å². The number of carbonyl (C=O) groups is 1. The highest BCUT2D eigenvalue weighted by Crippen LogP contribution is 2.42. The lowest BCUT2D eigenvalue weighted by Gasteiger charge is -2.36. The van der Waals surface area contributed by atoms with Crippen LogP contribution >= 0.6 is 11.6 Å². The van der Waals surface area contributed by atoms with Crippen molar-refractivity contribution in [2.75, 3.05) is 6.54 Å². The highest BCUT2D eigenvalue weighted by atomic mass is 35.5. The topological polar surface area (TPSA) is 49.0 Å². The molecular formula is C23H17ClFN3O. The number of nitrogens with one attached hydrogen (secondary N) is 1. The number of pyridine rings is 1. The van der Waals surface area contributed by atoms with E-state index in [0.29, 0.717) is 29.1 Å². The molecule has 4 nitrogen and oxygen atoms in total. The Labute approximate surface area is 172 Å². The van der Waals surface area contributed by atoms with E-state index in [-0.39, 0.29) is 5.91 Å². The minimum absolute atomic E-state index is 0.202. The molecule has 0 aliphatic carbocycles. The SMILES string of the molecule is O=C(c1cccnc1)N1CCc2c([nH]c3ccccc23)C1c1c(F)cccc1Cl. The summed E-state index contributed by atoms with van der Waals surface area (Å²) in [5.41, 5.74) is 3.64. The van der Waals surface area contributed by atoms with Crippen LogP contribution in [0.5, 0.6) is 0 Å². The molecule has 5 rings (SSSR count). The summed E-state index contributed by atoms with van der Waals surface area (Å²) in [5.74, 6) is -0.635. The summed E-state index contributed by atoms with van der Waals surface area (Å²) in [7, 11) is 0. The Balaban J connectivity index is 1.73. The van der Waals surface area contributed by atoms with Gasteiger partial charge in [0, 0.05) is 46.1 Å². The largest absolute Gasteiger partial charge is 0.356 e. The zero-order valence-corrected chi connectivity index (χ0v) is 16.2. The molecule has 1 atom stereocenters. The average Bonchev–Trinajstić information content (AvgIpc) is 3.13. The number of rotatable bonds is 2. The molecule has 1 amide bonds. The van der Waals surface area contributed by atoms with Crippen molar-refractivity contribution in [1.29, 1.82) is 0 Å². The van der Waals surface area contributed by atoms with Crippen molar-refractivity contribution < 1.29 is 9.18 Å². The van der Waals surface area contributed by atoms with E-state index in [4.69, 9.17) is 11.6 Å². The lowest BCUT2D eigenvalue weighted by molar-refractivity contribution is 0.0689. The summed E-state index contributed by atoms with van der Waals surface area (Å²) in [6.45, 7) is 0.456. The van der Waals surface area contributed by atoms with Crippen LogP contribution < -0.4 is 0 Å². The Bertz CT molecular complexity index is 1200. The molecule has 0 spiro atoms. The van der Waals surface area contributed by atoms with Crippen molar-refractivity contribution in [3.63, 3.8) is 0 Å². The number of hydrogen-bond acceptors (Lipinski definition) is 2. The van der Waals surface area contributed by atoms with Gasteiger partial charge in [-0.3, -0.25) is 9.78 Å². The van der Waals surface area contributed by atoms with Crippen LogP contribution in [-0.4, -0.2) is 27.3 Å². The maximum atomic E-state index is 15.0. The smallest absolute Gasteiger partial charge is 0.256 e. The molecular weight excluding hydrogens is 389 g/mol. The highest BCUT2D eigenvalue weighted by molar-refractivity contribution is 6.31. The maximum Gasteiger partial charge on any atom is 0.256 e. The van der Waals surface area contributed by atoms with Crippen LogP contribution in [-0.2, 0) is 6.42 Å². The first-order chi connectivity index (χ1) is 14.1. The summed E-state index contributed by atoms with van der Waals surface area (Å²) in [6.07, 6.45) is 3.82. The number of aromatic amines is 1. The van der Waals surface area contributed by atoms with Crippen LogP contribution in [0, 0.1) is 5.82 Å². The molecule has 0 fully saturated rings. The fourth-order valence-electron chi connectivity index (χ4n) is 4.19. The molecule has 0 saturated heterocycles. The van der Waals surface area contributed by atoms with Gasteiger partial charge in [-0.1, -0.05) is 35.9 Å². The molecule has 1 unspecified atom stereocenters. The quantitative estimate of drug-likeness (QED) is 0.501. The Morgan fingerprint density at radius 2 is 2.00 bits per heavy atom. The van der Waals surface area contributed by atoms with Crippen LogP contribution in [0.3, 0.4) is 0 Å². The van der Waals surface area contributed by atoms with E-state index in [1.807, 2.05) is 24.3 Å². The van der Waals surface area contributed by atoms with E-state index in [1.54, 1.807) is 35.4 Å². The van der Waals surface area contributed by atoms with Gasteiger partial charge in [0.15, 0.2) is 0 Å². The predicted molar refractivity (Wildman–Crippen MR) is 111 cm³/mol. The normalized spacial score (nSPS) is 16.1. The molecule has 1 aliphatic rings. The third-order valence-corrected chi connectivity index (χ3v) is 5.81. The number of aromatic nitrogens is 2. The molecule has 4 aromatic rings. The lowest BCUT2D eigenvalue weighted by atomic mass is 9.91. The van der Waals surface area contributed by atoms with E-state index >= 15 is 0 Å². The Morgan fingerprint density at radius 1 is 1.14 bits per heavy atom. The number of amides is 1. The fourth-order valence-corrected chi connectivity index (χ4v) is 4.45. The first-order valence-electron chi connectivity index (χ1n) is 9.39. The molecule has 0 bridgehead atoms. The maximum absolute atomic E-state index is 15.0. The van der Waals surface area contributed by atoms with Gasteiger partial charge in [-0.25, -0.2) is 4.39 Å². The number of benzene rings is 2. The summed E-state index contributed by atoms with van der Waals surface area (Å²) in [6, 6.07) is 15.4. The van der Waals surface area contributed by atoms with E-state index < -0.39 is 11.9 Å². The van der Waals surface area contributed by atoms with Crippen LogP contribution in [0.4, 0.5) is 4.39 Å². The van der Waals surface area contributed by atoms with Gasteiger partial charge in [0.05, 0.1) is 5.56 Å². The highest BCUT2D eigenvalue weighted by Gasteiger charge is 2.37. The molecule has 0 saturated carbocycles. The summed E-state index contributed by atoms with van der Waals surface area (Å²) in [5, 5.41) is 1.39. The monoisotopic (exact) mass is 405 g/mol. The number of carbonyl (C=O) groups excluding carboxylic acids is 1. The van der Waals surface area contributed by atoms with Crippen molar-refractivity contribution in [1.82, 2.24) is 14.9 Å². The second-order valence-corrected chi connectivity index (χ2v) is 7.50. The van der Waals surface area contributed by atoms with Crippen LogP contribution in [0.1, 0.15) is 33.2 Å². The van der Waals surface area contributed by atoms with E-state index in [0.717, 1.165) is 22.2 Å². The summed E-state index contributed by atoms with van der Waals surface area (Å²) < 4.78 is 15.0. The van der Waals surface area contributed by atoms with Crippen LogP contribution in [0.2, 0.25) is 5.02 Å². The fraction of sp³-hybridized carbons (Fsp3) is 0.130. The first kappa shape index (κ1) is 17.9. The molecule has 144 valence electrons. The lowest BCUT2D eigenvalue weighted by Crippen LogP contribution is -2.41. The molecule has 1 aliphatic heterocycles. The van der Waals surface area contributed by atoms with Gasteiger partial charge in [-0.2, -0.15) is 0 Å². The van der Waals surface area contributed by atoms with Crippen LogP contribution in [0.25, 0.3) is 10.9 Å². The third-order valence-electron chi connectivity index (χ3n) is 5.48. The number of fused-ring (bicyclic) bond motifs is 3. The summed E-state index contributed by atoms with van der Waals surface area (Å²) in [4.78, 5) is 22.5. The molecule has 2 aromatic carbocycles. The van der Waals surface area contributed by atoms with Crippen LogP contribution in [0.15, 0.2) is 67.0 Å². The Kier molecular flexibility index (Phi) is 4.32. The molecule has 2 aromatic heterocycles. The second kappa shape index (κ2) is 7.01. The van der Waals surface area contributed by atoms with Gasteiger partial charge in [-0.05, 0) is 42.3 Å². The van der Waals surface area contributed by atoms with Gasteiger partial charge in [-0.15, -0.1) is 0 Å². The van der Waals surface area contributed by atoms with Gasteiger partial charge in [0.25, 0.3) is 5.91 Å². The molecule has 29 heavy (non-hydrogen) atoms. The van der Waals surface area contributed by atoms with E-state index in [1.165, 1.54) is 12.3 Å². The number of nitrogens with zero attached hydrogens (tertiary/aromatic N) is 2. The van der Waals surface area contributed by atoms with E-state index in [9.17, 15) is 9.18 Å².